The minimum absolute atomic E-state index is 0. The van der Waals surface area contributed by atoms with E-state index in [1.807, 2.05) is 19.9 Å². The Hall–Kier alpha value is 0.565. The Balaban J connectivity index is 0. The summed E-state index contributed by atoms with van der Waals surface area (Å²) in [5.74, 6) is 0. The molecule has 0 N–H and O–H groups in total. The Bertz CT molecular complexity index is 203. The van der Waals surface area contributed by atoms with Gasteiger partial charge in [0.2, 0.25) is 0 Å². The molecule has 0 unspecified atom stereocenters. The molecule has 60 valence electrons. The first-order valence-electron chi connectivity index (χ1n) is 3.75. The molecule has 0 atom stereocenters. The predicted molar refractivity (Wildman–Crippen MR) is 51.3 cm³/mol. The van der Waals surface area contributed by atoms with Crippen molar-refractivity contribution < 1.29 is 58.2 Å². The van der Waals surface area contributed by atoms with Gasteiger partial charge in [0.15, 0.2) is 0 Å². The van der Waals surface area contributed by atoms with E-state index in [1.54, 1.807) is 18.3 Å². The molecule has 1 aromatic heterocycles. The number of hydrogen-bond donors (Lipinski definition) is 0. The van der Waals surface area contributed by atoms with Gasteiger partial charge >= 0.3 is 58.2 Å². The Morgan fingerprint density at radius 3 is 2.17 bits per heavy atom. The van der Waals surface area contributed by atoms with Gasteiger partial charge in [0.25, 0.3) is 0 Å². The quantitative estimate of drug-likeness (QED) is 0.699. The second-order valence-corrected chi connectivity index (χ2v) is 1.69. The smallest absolute Gasteiger partial charge is 0.664 e. The predicted octanol–water partition coefficient (Wildman–Crippen LogP) is -0.0400. The van der Waals surface area contributed by atoms with Crippen molar-refractivity contribution in [2.24, 2.45) is 0 Å². The minimum Gasteiger partial charge on any atom is -0.664 e. The molecule has 1 nitrogen and oxygen atoms in total. The molecule has 2 heteroatoms. The van der Waals surface area contributed by atoms with Gasteiger partial charge in [-0.25, -0.2) is 0 Å². The second-order valence-electron chi connectivity index (χ2n) is 1.69. The first-order chi connectivity index (χ1) is 5.38. The average Bonchev–Trinajstić information content (AvgIpc) is 2.54. The van der Waals surface area contributed by atoms with Gasteiger partial charge in [0, 0.05) is 0 Å². The SMILES string of the molecule is C=Cc1cc[n-]c1C=C.CC.[Rb+]. The van der Waals surface area contributed by atoms with Gasteiger partial charge in [-0.2, -0.15) is 6.20 Å². The van der Waals surface area contributed by atoms with Gasteiger partial charge in [-0.15, -0.1) is 12.3 Å². The maximum Gasteiger partial charge on any atom is 1.00 e. The molecule has 0 aliphatic rings. The van der Waals surface area contributed by atoms with Crippen LogP contribution in [0.5, 0.6) is 0 Å². The van der Waals surface area contributed by atoms with E-state index >= 15 is 0 Å². The van der Waals surface area contributed by atoms with Gasteiger partial charge in [-0.1, -0.05) is 38.6 Å². The minimum atomic E-state index is 0. The zero-order valence-corrected chi connectivity index (χ0v) is 13.1. The van der Waals surface area contributed by atoms with E-state index in [0.29, 0.717) is 0 Å². The number of rotatable bonds is 2. The van der Waals surface area contributed by atoms with Crippen molar-refractivity contribution in [3.63, 3.8) is 0 Å². The van der Waals surface area contributed by atoms with Crippen LogP contribution in [-0.4, -0.2) is 0 Å². The van der Waals surface area contributed by atoms with Gasteiger partial charge in [-0.05, 0) is 5.56 Å². The Morgan fingerprint density at radius 2 is 1.83 bits per heavy atom. The second kappa shape index (κ2) is 9.65. The van der Waals surface area contributed by atoms with E-state index in [1.165, 1.54) is 0 Å². The fraction of sp³-hybridized carbons (Fsp3) is 0.200. The molecule has 1 rings (SSSR count). The third kappa shape index (κ3) is 4.56. The molecule has 1 aromatic rings. The van der Waals surface area contributed by atoms with Crippen molar-refractivity contribution in [3.05, 3.63) is 36.7 Å². The molecule has 0 amide bonds. The van der Waals surface area contributed by atoms with E-state index in [-0.39, 0.29) is 58.2 Å². The van der Waals surface area contributed by atoms with E-state index in [9.17, 15) is 0 Å². The van der Waals surface area contributed by atoms with Crippen LogP contribution in [0.1, 0.15) is 25.1 Å². The maximum atomic E-state index is 4.02. The summed E-state index contributed by atoms with van der Waals surface area (Å²) in [6, 6.07) is 1.91. The van der Waals surface area contributed by atoms with Crippen molar-refractivity contribution in [1.29, 1.82) is 0 Å². The summed E-state index contributed by atoms with van der Waals surface area (Å²) in [5, 5.41) is 0. The molecule has 0 aliphatic carbocycles. The van der Waals surface area contributed by atoms with E-state index < -0.39 is 0 Å². The van der Waals surface area contributed by atoms with Crippen LogP contribution in [0.25, 0.3) is 12.2 Å². The first kappa shape index (κ1) is 15.1. The molecule has 0 radical (unpaired) electrons. The standard InChI is InChI=1S/C8H8N.C2H6.Rb/c1-3-7-5-6-9-8(7)4-2;1-2;/h3-6H,1-2H2;1-2H3;/q-1;;+1. The number of hydrogen-bond acceptors (Lipinski definition) is 0. The van der Waals surface area contributed by atoms with Crippen LogP contribution in [0, 0.1) is 0 Å². The third-order valence-corrected chi connectivity index (χ3v) is 1.18. The third-order valence-electron chi connectivity index (χ3n) is 1.18. The zero-order valence-electron chi connectivity index (χ0n) is 8.17. The fourth-order valence-electron chi connectivity index (χ4n) is 0.701. The topological polar surface area (TPSA) is 14.1 Å². The largest absolute Gasteiger partial charge is 1.00 e. The molecule has 1 heterocycles. The molecule has 0 spiro atoms. The van der Waals surface area contributed by atoms with E-state index in [0.717, 1.165) is 11.3 Å². The molecular formula is C10H14NRb. The molecule has 0 aliphatic heterocycles. The maximum absolute atomic E-state index is 4.02. The van der Waals surface area contributed by atoms with Crippen LogP contribution < -0.4 is 63.2 Å². The normalized spacial score (nSPS) is 7.17. The molecule has 0 saturated heterocycles. The van der Waals surface area contributed by atoms with Crippen molar-refractivity contribution in [2.45, 2.75) is 13.8 Å². The van der Waals surface area contributed by atoms with Gasteiger partial charge in [-0.3, -0.25) is 0 Å². The molecule has 0 aromatic carbocycles. The van der Waals surface area contributed by atoms with Gasteiger partial charge in [0.05, 0.1) is 0 Å². The van der Waals surface area contributed by atoms with E-state index in [2.05, 4.69) is 18.1 Å². The van der Waals surface area contributed by atoms with E-state index in [4.69, 9.17) is 0 Å². The van der Waals surface area contributed by atoms with Crippen LogP contribution in [0.4, 0.5) is 0 Å². The molecule has 0 saturated carbocycles. The average molecular weight is 234 g/mol. The van der Waals surface area contributed by atoms with Crippen LogP contribution in [0.2, 0.25) is 0 Å². The van der Waals surface area contributed by atoms with Crippen molar-refractivity contribution in [1.82, 2.24) is 4.98 Å². The summed E-state index contributed by atoms with van der Waals surface area (Å²) >= 11 is 0. The fourth-order valence-corrected chi connectivity index (χ4v) is 0.701. The molecule has 0 fully saturated rings. The Labute approximate surface area is 124 Å². The van der Waals surface area contributed by atoms with Crippen molar-refractivity contribution >= 4 is 12.2 Å². The van der Waals surface area contributed by atoms with Crippen LogP contribution in [0.3, 0.4) is 0 Å². The van der Waals surface area contributed by atoms with Gasteiger partial charge in [0.1, 0.15) is 0 Å². The van der Waals surface area contributed by atoms with Crippen LogP contribution in [-0.2, 0) is 0 Å². The summed E-state index contributed by atoms with van der Waals surface area (Å²) in [6.07, 6.45) is 5.23. The van der Waals surface area contributed by atoms with Crippen LogP contribution in [0.15, 0.2) is 25.4 Å². The summed E-state index contributed by atoms with van der Waals surface area (Å²) < 4.78 is 0. The van der Waals surface area contributed by atoms with Crippen LogP contribution >= 0.6 is 0 Å². The summed E-state index contributed by atoms with van der Waals surface area (Å²) in [6.45, 7) is 11.2. The summed E-state index contributed by atoms with van der Waals surface area (Å²) in [5.41, 5.74) is 1.95. The molecule has 0 bridgehead atoms. The van der Waals surface area contributed by atoms with Crippen molar-refractivity contribution in [2.75, 3.05) is 0 Å². The zero-order chi connectivity index (χ0) is 8.69. The van der Waals surface area contributed by atoms with Gasteiger partial charge < -0.3 is 4.98 Å². The molecular weight excluding hydrogens is 220 g/mol. The summed E-state index contributed by atoms with van der Waals surface area (Å²) in [7, 11) is 0. The number of aromatic nitrogens is 1. The Morgan fingerprint density at radius 1 is 1.25 bits per heavy atom. The monoisotopic (exact) mass is 233 g/mol. The number of nitrogens with zero attached hydrogens (tertiary/aromatic N) is 1. The molecule has 12 heavy (non-hydrogen) atoms. The summed E-state index contributed by atoms with van der Waals surface area (Å²) in [4.78, 5) is 4.02. The van der Waals surface area contributed by atoms with Crippen molar-refractivity contribution in [3.8, 4) is 0 Å². The Kier molecular flexibility index (Phi) is 12.1. The first-order valence-corrected chi connectivity index (χ1v) is 3.75.